The lowest BCUT2D eigenvalue weighted by Crippen LogP contribution is -1.85. The Morgan fingerprint density at radius 1 is 0.211 bits per heavy atom. The van der Waals surface area contributed by atoms with Crippen molar-refractivity contribution in [1.82, 2.24) is 0 Å². The van der Waals surface area contributed by atoms with E-state index in [-0.39, 0.29) is 0 Å². The summed E-state index contributed by atoms with van der Waals surface area (Å²) < 4.78 is 0. The summed E-state index contributed by atoms with van der Waals surface area (Å²) in [5.74, 6) is 0. The first-order chi connectivity index (χ1) is 18.9. The van der Waals surface area contributed by atoms with E-state index in [4.69, 9.17) is 0 Å². The zero-order valence-corrected chi connectivity index (χ0v) is 20.7. The molecule has 8 aromatic carbocycles. The first kappa shape index (κ1) is 20.2. The number of hydrogen-bond acceptors (Lipinski definition) is 0. The van der Waals surface area contributed by atoms with E-state index in [1.807, 2.05) is 0 Å². The molecule has 0 N–H and O–H groups in total. The molecule has 0 atom stereocenters. The van der Waals surface area contributed by atoms with E-state index in [9.17, 15) is 0 Å². The smallest absolute Gasteiger partial charge is 0.00139 e. The average molecular weight is 479 g/mol. The Labute approximate surface area is 220 Å². The highest BCUT2D eigenvalue weighted by Crippen LogP contribution is 2.52. The van der Waals surface area contributed by atoms with E-state index >= 15 is 0 Å². The second kappa shape index (κ2) is 7.31. The van der Waals surface area contributed by atoms with Gasteiger partial charge in [0, 0.05) is 0 Å². The third-order valence-corrected chi connectivity index (χ3v) is 8.59. The number of benzene rings is 8. The van der Waals surface area contributed by atoms with Crippen LogP contribution in [0.3, 0.4) is 0 Å². The second-order valence-corrected chi connectivity index (χ2v) is 10.4. The monoisotopic (exact) mass is 478 g/mol. The average Bonchev–Trinajstić information content (AvgIpc) is 3.33. The van der Waals surface area contributed by atoms with Crippen LogP contribution in [0.4, 0.5) is 0 Å². The molecule has 0 saturated heterocycles. The summed E-state index contributed by atoms with van der Waals surface area (Å²) in [5.41, 5.74) is 7.92. The fourth-order valence-electron chi connectivity index (χ4n) is 6.95. The predicted octanol–water partition coefficient (Wildman–Crippen LogP) is 10.8. The summed E-state index contributed by atoms with van der Waals surface area (Å²) in [6.45, 7) is 0. The molecule has 0 spiro atoms. The van der Waals surface area contributed by atoms with E-state index in [0.717, 1.165) is 0 Å². The molecule has 0 amide bonds. The van der Waals surface area contributed by atoms with Crippen molar-refractivity contribution in [2.45, 2.75) is 0 Å². The SMILES string of the molecule is c1ccc2c(-c3ccc4c5c3ccc3ccc6c(-c7cccc8ccccc78)ccc-4c6c35)cccc2c1. The summed E-state index contributed by atoms with van der Waals surface area (Å²) in [4.78, 5) is 0. The molecule has 0 fully saturated rings. The van der Waals surface area contributed by atoms with E-state index < -0.39 is 0 Å². The van der Waals surface area contributed by atoms with Crippen molar-refractivity contribution in [3.63, 3.8) is 0 Å². The van der Waals surface area contributed by atoms with Crippen LogP contribution in [0.15, 0.2) is 133 Å². The van der Waals surface area contributed by atoms with Crippen LogP contribution in [0.5, 0.6) is 0 Å². The standard InChI is InChI=1S/C38H22/c1-3-11-26-23(7-1)9-5-13-28(26)30-19-21-34-35-22-20-31(29-14-6-10-24-8-2-4-12-27(24)29)33-18-16-25-15-17-32(30)37(34)36(25)38(33)35/h1-22H. The van der Waals surface area contributed by atoms with E-state index in [0.29, 0.717) is 0 Å². The van der Waals surface area contributed by atoms with Crippen LogP contribution in [0, 0.1) is 0 Å². The second-order valence-electron chi connectivity index (χ2n) is 10.4. The molecule has 0 saturated carbocycles. The van der Waals surface area contributed by atoms with Gasteiger partial charge in [-0.05, 0) is 87.2 Å². The Hall–Kier alpha value is -4.94. The van der Waals surface area contributed by atoms with Gasteiger partial charge in [0.05, 0.1) is 0 Å². The van der Waals surface area contributed by atoms with Crippen LogP contribution in [0.2, 0.25) is 0 Å². The van der Waals surface area contributed by atoms with Crippen LogP contribution in [-0.4, -0.2) is 0 Å². The summed E-state index contributed by atoms with van der Waals surface area (Å²) in [5, 5.41) is 13.3. The van der Waals surface area contributed by atoms with Crippen molar-refractivity contribution in [2.75, 3.05) is 0 Å². The highest BCUT2D eigenvalue weighted by Gasteiger charge is 2.24. The third kappa shape index (κ3) is 2.54. The van der Waals surface area contributed by atoms with Crippen molar-refractivity contribution >= 4 is 53.9 Å². The third-order valence-electron chi connectivity index (χ3n) is 8.59. The predicted molar refractivity (Wildman–Crippen MR) is 164 cm³/mol. The van der Waals surface area contributed by atoms with Crippen LogP contribution in [-0.2, 0) is 0 Å². The van der Waals surface area contributed by atoms with E-state index in [1.54, 1.807) is 0 Å². The molecule has 8 aromatic rings. The quantitative estimate of drug-likeness (QED) is 0.217. The Morgan fingerprint density at radius 2 is 0.632 bits per heavy atom. The molecular formula is C38H22. The van der Waals surface area contributed by atoms with Crippen molar-refractivity contribution in [3.05, 3.63) is 133 Å². The number of hydrogen-bond donors (Lipinski definition) is 0. The summed E-state index contributed by atoms with van der Waals surface area (Å²) in [7, 11) is 0. The lowest BCUT2D eigenvalue weighted by Gasteiger charge is -2.12. The molecule has 1 aliphatic carbocycles. The molecule has 0 aliphatic heterocycles. The molecule has 174 valence electrons. The summed E-state index contributed by atoms with van der Waals surface area (Å²) in [6.07, 6.45) is 0. The van der Waals surface area contributed by atoms with E-state index in [1.165, 1.54) is 87.2 Å². The first-order valence-corrected chi connectivity index (χ1v) is 13.3. The Balaban J connectivity index is 1.40. The molecule has 0 nitrogen and oxygen atoms in total. The Morgan fingerprint density at radius 3 is 1.16 bits per heavy atom. The van der Waals surface area contributed by atoms with Crippen molar-refractivity contribution in [1.29, 1.82) is 0 Å². The zero-order valence-electron chi connectivity index (χ0n) is 20.7. The normalized spacial score (nSPS) is 12.2. The van der Waals surface area contributed by atoms with Crippen LogP contribution in [0.25, 0.3) is 87.2 Å². The minimum atomic E-state index is 1.28. The Bertz CT molecular complexity index is 2110. The van der Waals surface area contributed by atoms with Crippen LogP contribution in [0.1, 0.15) is 0 Å². The van der Waals surface area contributed by atoms with Gasteiger partial charge in [-0.3, -0.25) is 0 Å². The van der Waals surface area contributed by atoms with Gasteiger partial charge in [0.25, 0.3) is 0 Å². The lowest BCUT2D eigenvalue weighted by atomic mass is 9.91. The van der Waals surface area contributed by atoms with Crippen molar-refractivity contribution in [2.24, 2.45) is 0 Å². The van der Waals surface area contributed by atoms with Gasteiger partial charge in [0.1, 0.15) is 0 Å². The minimum absolute atomic E-state index is 1.28. The molecule has 9 rings (SSSR count). The maximum Gasteiger partial charge on any atom is -0.00139 e. The first-order valence-electron chi connectivity index (χ1n) is 13.3. The molecule has 0 heterocycles. The maximum absolute atomic E-state index is 2.35. The van der Waals surface area contributed by atoms with Crippen LogP contribution < -0.4 is 0 Å². The van der Waals surface area contributed by atoms with Gasteiger partial charge in [-0.2, -0.15) is 0 Å². The topological polar surface area (TPSA) is 0 Å². The van der Waals surface area contributed by atoms with Crippen molar-refractivity contribution < 1.29 is 0 Å². The number of fused-ring (bicyclic) bond motifs is 3. The van der Waals surface area contributed by atoms with E-state index in [2.05, 4.69) is 133 Å². The highest BCUT2D eigenvalue weighted by molar-refractivity contribution is 6.35. The number of rotatable bonds is 2. The molecule has 0 unspecified atom stereocenters. The van der Waals surface area contributed by atoms with Gasteiger partial charge < -0.3 is 0 Å². The molecular weight excluding hydrogens is 456 g/mol. The largest absolute Gasteiger partial charge is 0.0616 e. The molecule has 1 aliphatic rings. The van der Waals surface area contributed by atoms with Gasteiger partial charge in [-0.15, -0.1) is 0 Å². The summed E-state index contributed by atoms with van der Waals surface area (Å²) >= 11 is 0. The van der Waals surface area contributed by atoms with Crippen molar-refractivity contribution in [3.8, 4) is 33.4 Å². The maximum atomic E-state index is 2.35. The van der Waals surface area contributed by atoms with Gasteiger partial charge in [-0.1, -0.05) is 133 Å². The minimum Gasteiger partial charge on any atom is -0.0616 e. The molecule has 0 aromatic heterocycles. The Kier molecular flexibility index (Phi) is 3.88. The van der Waals surface area contributed by atoms with Gasteiger partial charge in [0.2, 0.25) is 0 Å². The van der Waals surface area contributed by atoms with Gasteiger partial charge in [0.15, 0.2) is 0 Å². The summed E-state index contributed by atoms with van der Waals surface area (Å²) in [6, 6.07) is 49.4. The zero-order chi connectivity index (χ0) is 24.8. The molecule has 0 radical (unpaired) electrons. The fraction of sp³-hybridized carbons (Fsp3) is 0. The lowest BCUT2D eigenvalue weighted by molar-refractivity contribution is 1.69. The highest BCUT2D eigenvalue weighted by atomic mass is 14.3. The van der Waals surface area contributed by atoms with Gasteiger partial charge >= 0.3 is 0 Å². The van der Waals surface area contributed by atoms with Gasteiger partial charge in [-0.25, -0.2) is 0 Å². The molecule has 0 heteroatoms. The molecule has 0 bridgehead atoms. The van der Waals surface area contributed by atoms with Crippen LogP contribution >= 0.6 is 0 Å². The molecule has 38 heavy (non-hydrogen) atoms. The fourth-order valence-corrected chi connectivity index (χ4v) is 6.95.